The van der Waals surface area contributed by atoms with Crippen molar-refractivity contribution < 1.29 is 8.78 Å². The van der Waals surface area contributed by atoms with Crippen molar-refractivity contribution in [3.63, 3.8) is 0 Å². The lowest BCUT2D eigenvalue weighted by molar-refractivity contribution is 0.484. The van der Waals surface area contributed by atoms with E-state index < -0.39 is 17.2 Å². The van der Waals surface area contributed by atoms with Crippen LogP contribution >= 0.6 is 0 Å². The smallest absolute Gasteiger partial charge is 0.291 e. The van der Waals surface area contributed by atoms with Gasteiger partial charge in [0.1, 0.15) is 5.82 Å². The Morgan fingerprint density at radius 2 is 2.12 bits per heavy atom. The van der Waals surface area contributed by atoms with Crippen molar-refractivity contribution in [3.05, 3.63) is 51.9 Å². The Morgan fingerprint density at radius 3 is 2.83 bits per heavy atom. The van der Waals surface area contributed by atoms with Gasteiger partial charge in [-0.2, -0.15) is 4.39 Å². The number of anilines is 2. The van der Waals surface area contributed by atoms with Crippen LogP contribution in [0.2, 0.25) is 0 Å². The van der Waals surface area contributed by atoms with Crippen LogP contribution in [0.3, 0.4) is 0 Å². The molecule has 1 atom stereocenters. The van der Waals surface area contributed by atoms with Crippen molar-refractivity contribution in [2.75, 3.05) is 23.7 Å². The number of nitrogens with zero attached hydrogens (tertiary/aromatic N) is 3. The number of benzene rings is 1. The summed E-state index contributed by atoms with van der Waals surface area (Å²) in [5, 5.41) is 0. The number of nitrogens with two attached hydrogens (primary N) is 2. The summed E-state index contributed by atoms with van der Waals surface area (Å²) < 4.78 is 28.2. The van der Waals surface area contributed by atoms with Crippen LogP contribution in [-0.4, -0.2) is 28.7 Å². The number of aromatic nitrogens is 2. The number of halogens is 2. The average molecular weight is 335 g/mol. The van der Waals surface area contributed by atoms with E-state index in [2.05, 4.69) is 4.98 Å². The van der Waals surface area contributed by atoms with Crippen molar-refractivity contribution in [2.24, 2.45) is 5.73 Å². The zero-order chi connectivity index (χ0) is 17.3. The summed E-state index contributed by atoms with van der Waals surface area (Å²) in [5.74, 6) is -1.07. The van der Waals surface area contributed by atoms with Gasteiger partial charge in [0.25, 0.3) is 5.56 Å². The van der Waals surface area contributed by atoms with E-state index in [9.17, 15) is 13.6 Å². The number of rotatable bonds is 3. The van der Waals surface area contributed by atoms with Gasteiger partial charge in [0.2, 0.25) is 11.8 Å². The van der Waals surface area contributed by atoms with Crippen LogP contribution in [-0.2, 0) is 6.54 Å². The fraction of sp³-hybridized carbons (Fsp3) is 0.375. The molecule has 0 radical (unpaired) electrons. The van der Waals surface area contributed by atoms with E-state index in [0.717, 1.165) is 19.0 Å². The maximum atomic E-state index is 13.7. The predicted octanol–water partition coefficient (Wildman–Crippen LogP) is 1.08. The quantitative estimate of drug-likeness (QED) is 0.819. The van der Waals surface area contributed by atoms with Gasteiger partial charge >= 0.3 is 0 Å². The van der Waals surface area contributed by atoms with Gasteiger partial charge in [0.05, 0.1) is 12.7 Å². The van der Waals surface area contributed by atoms with E-state index in [-0.39, 0.29) is 18.3 Å². The molecule has 1 aliphatic heterocycles. The molecule has 0 amide bonds. The van der Waals surface area contributed by atoms with Gasteiger partial charge in [-0.25, -0.2) is 9.37 Å². The normalized spacial score (nSPS) is 18.0. The zero-order valence-corrected chi connectivity index (χ0v) is 13.1. The maximum absolute atomic E-state index is 13.7. The van der Waals surface area contributed by atoms with Crippen LogP contribution < -0.4 is 21.9 Å². The zero-order valence-electron chi connectivity index (χ0n) is 13.1. The van der Waals surface area contributed by atoms with Crippen molar-refractivity contribution in [2.45, 2.75) is 25.4 Å². The SMILES string of the molecule is Nc1cc(F)ccc1Cn1c(N2CCC[C@@H](N)C2)ncc(F)c1=O. The fourth-order valence-corrected chi connectivity index (χ4v) is 2.93. The summed E-state index contributed by atoms with van der Waals surface area (Å²) in [7, 11) is 0. The molecule has 4 N–H and O–H groups in total. The van der Waals surface area contributed by atoms with Crippen molar-refractivity contribution in [1.82, 2.24) is 9.55 Å². The Bertz CT molecular complexity index is 808. The molecular formula is C16H19F2N5O. The molecule has 0 bridgehead atoms. The Hall–Kier alpha value is -2.48. The first kappa shape index (κ1) is 16.4. The predicted molar refractivity (Wildman–Crippen MR) is 87.8 cm³/mol. The van der Waals surface area contributed by atoms with Gasteiger partial charge in [-0.3, -0.25) is 9.36 Å². The van der Waals surface area contributed by atoms with Gasteiger partial charge in [-0.15, -0.1) is 0 Å². The molecule has 3 rings (SSSR count). The summed E-state index contributed by atoms with van der Waals surface area (Å²) in [5.41, 5.74) is 11.7. The highest BCUT2D eigenvalue weighted by molar-refractivity contribution is 5.47. The molecule has 0 spiro atoms. The highest BCUT2D eigenvalue weighted by Gasteiger charge is 2.22. The second-order valence-electron chi connectivity index (χ2n) is 5.99. The molecule has 1 aromatic carbocycles. The van der Waals surface area contributed by atoms with E-state index in [4.69, 9.17) is 11.5 Å². The van der Waals surface area contributed by atoms with Crippen LogP contribution in [0.1, 0.15) is 18.4 Å². The first-order valence-corrected chi connectivity index (χ1v) is 7.75. The van der Waals surface area contributed by atoms with Crippen molar-refractivity contribution in [3.8, 4) is 0 Å². The monoisotopic (exact) mass is 335 g/mol. The molecule has 1 aromatic heterocycles. The first-order valence-electron chi connectivity index (χ1n) is 7.75. The van der Waals surface area contributed by atoms with Gasteiger partial charge < -0.3 is 16.4 Å². The maximum Gasteiger partial charge on any atom is 0.291 e. The summed E-state index contributed by atoms with van der Waals surface area (Å²) >= 11 is 0. The minimum Gasteiger partial charge on any atom is -0.398 e. The number of hydrogen-bond donors (Lipinski definition) is 2. The minimum atomic E-state index is -0.944. The second-order valence-corrected chi connectivity index (χ2v) is 5.99. The molecule has 24 heavy (non-hydrogen) atoms. The molecule has 1 saturated heterocycles. The molecule has 6 nitrogen and oxygen atoms in total. The molecule has 1 aliphatic rings. The summed E-state index contributed by atoms with van der Waals surface area (Å²) in [6, 6.07) is 3.88. The third-order valence-corrected chi connectivity index (χ3v) is 4.16. The van der Waals surface area contributed by atoms with E-state index in [0.29, 0.717) is 24.6 Å². The highest BCUT2D eigenvalue weighted by Crippen LogP contribution is 2.20. The molecule has 8 heteroatoms. The topological polar surface area (TPSA) is 90.2 Å². The van der Waals surface area contributed by atoms with Gasteiger partial charge in [0, 0.05) is 24.8 Å². The standard InChI is InChI=1S/C16H19F2N5O/c17-11-4-3-10(14(20)6-11)8-23-15(24)13(18)7-21-16(23)22-5-1-2-12(19)9-22/h3-4,6-7,12H,1-2,5,8-9,19-20H2/t12-/m1/s1. The second kappa shape index (κ2) is 6.56. The van der Waals surface area contributed by atoms with Gasteiger partial charge in [-0.05, 0) is 30.5 Å². The Morgan fingerprint density at radius 1 is 1.33 bits per heavy atom. The first-order chi connectivity index (χ1) is 11.5. The lowest BCUT2D eigenvalue weighted by Crippen LogP contribution is -2.45. The summed E-state index contributed by atoms with van der Waals surface area (Å²) in [6.07, 6.45) is 2.68. The van der Waals surface area contributed by atoms with Crippen LogP contribution in [0.5, 0.6) is 0 Å². The Balaban J connectivity index is 2.02. The molecule has 128 valence electrons. The largest absolute Gasteiger partial charge is 0.398 e. The fourth-order valence-electron chi connectivity index (χ4n) is 2.93. The lowest BCUT2D eigenvalue weighted by Gasteiger charge is -2.32. The minimum absolute atomic E-state index is 0.0107. The van der Waals surface area contributed by atoms with Crippen molar-refractivity contribution in [1.29, 1.82) is 0 Å². The van der Waals surface area contributed by atoms with Crippen LogP contribution in [0.4, 0.5) is 20.4 Å². The molecule has 0 aliphatic carbocycles. The molecular weight excluding hydrogens is 316 g/mol. The van der Waals surface area contributed by atoms with Gasteiger partial charge in [-0.1, -0.05) is 6.07 Å². The summed E-state index contributed by atoms with van der Waals surface area (Å²) in [6.45, 7) is 1.23. The van der Waals surface area contributed by atoms with Crippen molar-refractivity contribution >= 4 is 11.6 Å². The molecule has 0 saturated carbocycles. The van der Waals surface area contributed by atoms with Crippen LogP contribution in [0.25, 0.3) is 0 Å². The summed E-state index contributed by atoms with van der Waals surface area (Å²) in [4.78, 5) is 18.2. The molecule has 2 aromatic rings. The molecule has 2 heterocycles. The van der Waals surface area contributed by atoms with Gasteiger partial charge in [0.15, 0.2) is 0 Å². The third-order valence-electron chi connectivity index (χ3n) is 4.16. The third kappa shape index (κ3) is 3.23. The highest BCUT2D eigenvalue weighted by atomic mass is 19.1. The van der Waals surface area contributed by atoms with E-state index >= 15 is 0 Å². The lowest BCUT2D eigenvalue weighted by atomic mass is 10.1. The van der Waals surface area contributed by atoms with Crippen LogP contribution in [0.15, 0.2) is 29.2 Å². The van der Waals surface area contributed by atoms with E-state index in [1.807, 2.05) is 4.90 Å². The van der Waals surface area contributed by atoms with Crippen LogP contribution in [0, 0.1) is 11.6 Å². The molecule has 1 fully saturated rings. The van der Waals surface area contributed by atoms with E-state index in [1.54, 1.807) is 0 Å². The Labute approximate surface area is 137 Å². The number of piperidine rings is 1. The molecule has 0 unspecified atom stereocenters. The number of nitrogen functional groups attached to an aromatic ring is 1. The number of hydrogen-bond acceptors (Lipinski definition) is 5. The Kier molecular flexibility index (Phi) is 4.48. The average Bonchev–Trinajstić information content (AvgIpc) is 2.54. The van der Waals surface area contributed by atoms with E-state index in [1.165, 1.54) is 22.8 Å².